The molecule has 7 heteroatoms. The zero-order valence-electron chi connectivity index (χ0n) is 15.3. The third kappa shape index (κ3) is 5.84. The average molecular weight is 356 g/mol. The lowest BCUT2D eigenvalue weighted by Gasteiger charge is -2.08. The average Bonchev–Trinajstić information content (AvgIpc) is 2.63. The number of esters is 1. The maximum absolute atomic E-state index is 12.0. The second kappa shape index (κ2) is 9.50. The van der Waals surface area contributed by atoms with E-state index in [9.17, 15) is 9.59 Å². The number of amides is 1. The van der Waals surface area contributed by atoms with Gasteiger partial charge < -0.3 is 15.4 Å². The molecular weight excluding hydrogens is 332 g/mol. The summed E-state index contributed by atoms with van der Waals surface area (Å²) in [6.45, 7) is 6.93. The molecule has 7 nitrogen and oxygen atoms in total. The molecular formula is C19H24N4O3. The Balaban J connectivity index is 1.92. The van der Waals surface area contributed by atoms with Gasteiger partial charge in [-0.3, -0.25) is 4.79 Å². The van der Waals surface area contributed by atoms with E-state index in [1.165, 1.54) is 12.4 Å². The molecule has 0 aliphatic rings. The van der Waals surface area contributed by atoms with Gasteiger partial charge in [0.2, 0.25) is 0 Å². The molecule has 0 saturated heterocycles. The first kappa shape index (κ1) is 19.4. The Hall–Kier alpha value is -2.96. The molecule has 26 heavy (non-hydrogen) atoms. The molecule has 0 atom stereocenters. The van der Waals surface area contributed by atoms with Gasteiger partial charge in [-0.2, -0.15) is 0 Å². The largest absolute Gasteiger partial charge is 0.462 e. The second-order valence-electron chi connectivity index (χ2n) is 6.15. The van der Waals surface area contributed by atoms with Gasteiger partial charge in [-0.25, -0.2) is 14.8 Å². The Morgan fingerprint density at radius 3 is 2.42 bits per heavy atom. The van der Waals surface area contributed by atoms with Gasteiger partial charge in [-0.1, -0.05) is 13.8 Å². The van der Waals surface area contributed by atoms with Crippen LogP contribution in [0.15, 0.2) is 36.7 Å². The summed E-state index contributed by atoms with van der Waals surface area (Å²) in [4.78, 5) is 31.9. The monoisotopic (exact) mass is 356 g/mol. The van der Waals surface area contributed by atoms with E-state index in [4.69, 9.17) is 4.74 Å². The highest BCUT2D eigenvalue weighted by Crippen LogP contribution is 2.15. The van der Waals surface area contributed by atoms with Crippen molar-refractivity contribution in [1.82, 2.24) is 15.3 Å². The third-order valence-electron chi connectivity index (χ3n) is 3.56. The van der Waals surface area contributed by atoms with Crippen LogP contribution in [0.3, 0.4) is 0 Å². The fraction of sp³-hybridized carbons (Fsp3) is 0.368. The summed E-state index contributed by atoms with van der Waals surface area (Å²) in [6.07, 6.45) is 3.84. The smallest absolute Gasteiger partial charge is 0.338 e. The fourth-order valence-electron chi connectivity index (χ4n) is 2.13. The highest BCUT2D eigenvalue weighted by molar-refractivity contribution is 5.92. The number of hydrogen-bond donors (Lipinski definition) is 2. The number of nitrogens with zero attached hydrogens (tertiary/aromatic N) is 2. The van der Waals surface area contributed by atoms with Crippen LogP contribution in [0, 0.1) is 5.92 Å². The molecule has 0 aliphatic carbocycles. The van der Waals surface area contributed by atoms with Crippen LogP contribution in [-0.2, 0) is 4.74 Å². The summed E-state index contributed by atoms with van der Waals surface area (Å²) in [5, 5.41) is 5.89. The van der Waals surface area contributed by atoms with E-state index >= 15 is 0 Å². The van der Waals surface area contributed by atoms with Gasteiger partial charge in [-0.15, -0.1) is 0 Å². The number of rotatable bonds is 8. The van der Waals surface area contributed by atoms with Gasteiger partial charge in [0.05, 0.1) is 24.6 Å². The van der Waals surface area contributed by atoms with Crippen LogP contribution in [-0.4, -0.2) is 35.0 Å². The zero-order valence-corrected chi connectivity index (χ0v) is 15.3. The fourth-order valence-corrected chi connectivity index (χ4v) is 2.13. The standard InChI is InChI=1S/C19H24N4O3/c1-4-26-19(25)14-5-7-15(8-6-14)23-17-12-21-16(11-22-17)18(24)20-10-9-13(2)3/h5-8,11-13H,4,9-10H2,1-3H3,(H,20,24)(H,22,23). The third-order valence-corrected chi connectivity index (χ3v) is 3.56. The molecule has 0 radical (unpaired) electrons. The van der Waals surface area contributed by atoms with Gasteiger partial charge in [-0.05, 0) is 43.5 Å². The SMILES string of the molecule is CCOC(=O)c1ccc(Nc2cnc(C(=O)NCCC(C)C)cn2)cc1. The van der Waals surface area contributed by atoms with Crippen molar-refractivity contribution in [3.05, 3.63) is 47.9 Å². The molecule has 1 aromatic carbocycles. The molecule has 0 spiro atoms. The summed E-state index contributed by atoms with van der Waals surface area (Å²) in [7, 11) is 0. The molecule has 1 heterocycles. The molecule has 0 saturated carbocycles. The van der Waals surface area contributed by atoms with E-state index in [0.717, 1.165) is 12.1 Å². The predicted octanol–water partition coefficient (Wildman–Crippen LogP) is 3.17. The number of benzene rings is 1. The van der Waals surface area contributed by atoms with Crippen LogP contribution in [0.1, 0.15) is 48.0 Å². The molecule has 2 N–H and O–H groups in total. The number of hydrogen-bond acceptors (Lipinski definition) is 6. The molecule has 2 rings (SSSR count). The van der Waals surface area contributed by atoms with Gasteiger partial charge >= 0.3 is 5.97 Å². The minimum absolute atomic E-state index is 0.233. The number of carbonyl (C=O) groups excluding carboxylic acids is 2. The summed E-state index contributed by atoms with van der Waals surface area (Å²) in [6, 6.07) is 6.84. The van der Waals surface area contributed by atoms with Crippen molar-refractivity contribution in [3.63, 3.8) is 0 Å². The van der Waals surface area contributed by atoms with Gasteiger partial charge in [0, 0.05) is 12.2 Å². The first-order valence-corrected chi connectivity index (χ1v) is 8.64. The number of nitrogens with one attached hydrogen (secondary N) is 2. The Kier molecular flexibility index (Phi) is 7.08. The molecule has 1 amide bonds. The minimum Gasteiger partial charge on any atom is -0.462 e. The van der Waals surface area contributed by atoms with Crippen LogP contribution >= 0.6 is 0 Å². The topological polar surface area (TPSA) is 93.2 Å². The normalized spacial score (nSPS) is 10.5. The number of ether oxygens (including phenoxy) is 1. The van der Waals surface area contributed by atoms with Crippen LogP contribution in [0.25, 0.3) is 0 Å². The van der Waals surface area contributed by atoms with Crippen molar-refractivity contribution in [2.45, 2.75) is 27.2 Å². The molecule has 0 bridgehead atoms. The number of anilines is 2. The summed E-state index contributed by atoms with van der Waals surface area (Å²) in [5.74, 6) is 0.450. The van der Waals surface area contributed by atoms with E-state index in [1.54, 1.807) is 31.2 Å². The van der Waals surface area contributed by atoms with Gasteiger partial charge in [0.15, 0.2) is 0 Å². The molecule has 0 unspecified atom stereocenters. The Morgan fingerprint density at radius 2 is 1.85 bits per heavy atom. The lowest BCUT2D eigenvalue weighted by Crippen LogP contribution is -2.26. The Bertz CT molecular complexity index is 727. The van der Waals surface area contributed by atoms with Gasteiger partial charge in [0.1, 0.15) is 11.5 Å². The molecule has 0 fully saturated rings. The molecule has 0 aliphatic heterocycles. The molecule has 2 aromatic rings. The Morgan fingerprint density at radius 1 is 1.12 bits per heavy atom. The second-order valence-corrected chi connectivity index (χ2v) is 6.15. The maximum Gasteiger partial charge on any atom is 0.338 e. The summed E-state index contributed by atoms with van der Waals surface area (Å²) < 4.78 is 4.94. The predicted molar refractivity (Wildman–Crippen MR) is 99.5 cm³/mol. The van der Waals surface area contributed by atoms with Crippen LogP contribution in [0.2, 0.25) is 0 Å². The van der Waals surface area contributed by atoms with Crippen LogP contribution in [0.4, 0.5) is 11.5 Å². The van der Waals surface area contributed by atoms with E-state index in [-0.39, 0.29) is 17.6 Å². The summed E-state index contributed by atoms with van der Waals surface area (Å²) in [5.41, 5.74) is 1.51. The minimum atomic E-state index is -0.355. The van der Waals surface area contributed by atoms with Gasteiger partial charge in [0.25, 0.3) is 5.91 Å². The highest BCUT2D eigenvalue weighted by atomic mass is 16.5. The van der Waals surface area contributed by atoms with Crippen molar-refractivity contribution in [1.29, 1.82) is 0 Å². The van der Waals surface area contributed by atoms with E-state index < -0.39 is 0 Å². The van der Waals surface area contributed by atoms with Crippen LogP contribution < -0.4 is 10.6 Å². The highest BCUT2D eigenvalue weighted by Gasteiger charge is 2.09. The van der Waals surface area contributed by atoms with Crippen molar-refractivity contribution in [2.75, 3.05) is 18.5 Å². The number of carbonyl (C=O) groups is 2. The zero-order chi connectivity index (χ0) is 18.9. The van der Waals surface area contributed by atoms with Crippen LogP contribution in [0.5, 0.6) is 0 Å². The Labute approximate surface area is 153 Å². The lowest BCUT2D eigenvalue weighted by atomic mass is 10.1. The lowest BCUT2D eigenvalue weighted by molar-refractivity contribution is 0.0526. The van der Waals surface area contributed by atoms with Crippen molar-refractivity contribution in [2.24, 2.45) is 5.92 Å². The molecule has 1 aromatic heterocycles. The molecule has 138 valence electrons. The quantitative estimate of drug-likeness (QED) is 0.706. The van der Waals surface area contributed by atoms with Crippen molar-refractivity contribution < 1.29 is 14.3 Å². The first-order chi connectivity index (χ1) is 12.5. The maximum atomic E-state index is 12.0. The number of aromatic nitrogens is 2. The van der Waals surface area contributed by atoms with Crippen molar-refractivity contribution >= 4 is 23.4 Å². The van der Waals surface area contributed by atoms with Crippen molar-refractivity contribution in [3.8, 4) is 0 Å². The summed E-state index contributed by atoms with van der Waals surface area (Å²) >= 11 is 0. The van der Waals surface area contributed by atoms with E-state index in [0.29, 0.717) is 30.5 Å². The van der Waals surface area contributed by atoms with E-state index in [1.807, 2.05) is 0 Å². The first-order valence-electron chi connectivity index (χ1n) is 8.64. The van der Waals surface area contributed by atoms with E-state index in [2.05, 4.69) is 34.4 Å².